The fourth-order valence-corrected chi connectivity index (χ4v) is 3.84. The zero-order valence-electron chi connectivity index (χ0n) is 14.3. The summed E-state index contributed by atoms with van der Waals surface area (Å²) in [5.41, 5.74) is 0.313. The number of hydrogen-bond donors (Lipinski definition) is 1. The molecule has 6 nitrogen and oxygen atoms in total. The van der Waals surface area contributed by atoms with Crippen molar-refractivity contribution in [3.8, 4) is 5.75 Å². The maximum atomic E-state index is 12.7. The fraction of sp³-hybridized carbons (Fsp3) is 0.562. The van der Waals surface area contributed by atoms with E-state index in [1.165, 1.54) is 23.5 Å². The molecular weight excluding hydrogens is 316 g/mol. The maximum Gasteiger partial charge on any atom is 0.251 e. The van der Waals surface area contributed by atoms with Crippen molar-refractivity contribution in [2.45, 2.75) is 38.5 Å². The number of amides is 1. The Bertz CT molecular complexity index is 625. The van der Waals surface area contributed by atoms with Crippen LogP contribution in [-0.2, 0) is 10.0 Å². The Morgan fingerprint density at radius 2 is 1.87 bits per heavy atom. The van der Waals surface area contributed by atoms with E-state index in [0.717, 1.165) is 12.8 Å². The Labute approximate surface area is 138 Å². The first kappa shape index (κ1) is 19.4. The molecule has 0 aliphatic carbocycles. The van der Waals surface area contributed by atoms with Gasteiger partial charge >= 0.3 is 0 Å². The van der Waals surface area contributed by atoms with E-state index >= 15 is 0 Å². The van der Waals surface area contributed by atoms with Gasteiger partial charge in [-0.1, -0.05) is 27.2 Å². The summed E-state index contributed by atoms with van der Waals surface area (Å²) < 4.78 is 32.0. The first-order chi connectivity index (χ1) is 10.9. The molecule has 0 aliphatic heterocycles. The van der Waals surface area contributed by atoms with Gasteiger partial charge in [-0.05, 0) is 24.6 Å². The topological polar surface area (TPSA) is 75.7 Å². The van der Waals surface area contributed by atoms with Crippen molar-refractivity contribution in [2.75, 3.05) is 26.7 Å². The fourth-order valence-electron chi connectivity index (χ4n) is 2.20. The third-order valence-corrected chi connectivity index (χ3v) is 5.64. The van der Waals surface area contributed by atoms with Crippen LogP contribution in [0.25, 0.3) is 0 Å². The summed E-state index contributed by atoms with van der Waals surface area (Å²) in [7, 11) is -2.28. The van der Waals surface area contributed by atoms with Crippen LogP contribution < -0.4 is 10.1 Å². The molecule has 0 atom stereocenters. The zero-order valence-corrected chi connectivity index (χ0v) is 15.1. The SMILES string of the molecule is CCCCNC(=O)c1ccc(OC)c(S(=O)(=O)N(CC)CC)c1. The van der Waals surface area contributed by atoms with Crippen LogP contribution in [0, 0.1) is 0 Å². The molecule has 1 aromatic carbocycles. The van der Waals surface area contributed by atoms with Crippen LogP contribution in [0.5, 0.6) is 5.75 Å². The van der Waals surface area contributed by atoms with E-state index in [1.807, 2.05) is 6.92 Å². The summed E-state index contributed by atoms with van der Waals surface area (Å²) in [6.45, 7) is 6.86. The smallest absolute Gasteiger partial charge is 0.251 e. The minimum absolute atomic E-state index is 0.0202. The predicted octanol–water partition coefficient (Wildman–Crippen LogP) is 2.26. The maximum absolute atomic E-state index is 12.7. The average Bonchev–Trinajstić information content (AvgIpc) is 2.55. The largest absolute Gasteiger partial charge is 0.495 e. The van der Waals surface area contributed by atoms with E-state index in [1.54, 1.807) is 19.9 Å². The minimum atomic E-state index is -3.70. The highest BCUT2D eigenvalue weighted by molar-refractivity contribution is 7.89. The van der Waals surface area contributed by atoms with E-state index < -0.39 is 10.0 Å². The van der Waals surface area contributed by atoms with Crippen molar-refractivity contribution in [2.24, 2.45) is 0 Å². The molecule has 0 unspecified atom stereocenters. The van der Waals surface area contributed by atoms with Crippen molar-refractivity contribution in [3.05, 3.63) is 23.8 Å². The predicted molar refractivity (Wildman–Crippen MR) is 90.3 cm³/mol. The van der Waals surface area contributed by atoms with Gasteiger partial charge in [0.15, 0.2) is 0 Å². The number of rotatable bonds is 9. The second-order valence-corrected chi connectivity index (χ2v) is 6.97. The Balaban J connectivity index is 3.20. The van der Waals surface area contributed by atoms with Crippen LogP contribution in [0.2, 0.25) is 0 Å². The van der Waals surface area contributed by atoms with Crippen LogP contribution in [-0.4, -0.2) is 45.4 Å². The molecule has 1 amide bonds. The first-order valence-electron chi connectivity index (χ1n) is 7.88. The lowest BCUT2D eigenvalue weighted by Crippen LogP contribution is -2.31. The van der Waals surface area contributed by atoms with Gasteiger partial charge in [-0.25, -0.2) is 8.42 Å². The molecule has 0 aliphatic rings. The Hall–Kier alpha value is -1.60. The van der Waals surface area contributed by atoms with Crippen molar-refractivity contribution in [1.29, 1.82) is 0 Å². The average molecular weight is 342 g/mol. The monoisotopic (exact) mass is 342 g/mol. The molecule has 0 aromatic heterocycles. The molecule has 0 radical (unpaired) electrons. The van der Waals surface area contributed by atoms with Gasteiger partial charge in [0.25, 0.3) is 5.91 Å². The van der Waals surface area contributed by atoms with Crippen molar-refractivity contribution >= 4 is 15.9 Å². The highest BCUT2D eigenvalue weighted by atomic mass is 32.2. The van der Waals surface area contributed by atoms with Crippen LogP contribution in [0.4, 0.5) is 0 Å². The third kappa shape index (κ3) is 4.68. The number of ether oxygens (including phenoxy) is 1. The second-order valence-electron chi connectivity index (χ2n) is 5.06. The number of hydrogen-bond acceptors (Lipinski definition) is 4. The summed E-state index contributed by atoms with van der Waals surface area (Å²) in [5, 5.41) is 2.79. The van der Waals surface area contributed by atoms with Gasteiger partial charge in [-0.3, -0.25) is 4.79 Å². The Morgan fingerprint density at radius 1 is 1.22 bits per heavy atom. The summed E-state index contributed by atoms with van der Waals surface area (Å²) in [4.78, 5) is 12.2. The van der Waals surface area contributed by atoms with Gasteiger partial charge in [0.2, 0.25) is 10.0 Å². The van der Waals surface area contributed by atoms with Gasteiger partial charge < -0.3 is 10.1 Å². The molecule has 1 N–H and O–H groups in total. The van der Waals surface area contributed by atoms with E-state index in [2.05, 4.69) is 5.32 Å². The molecule has 0 saturated heterocycles. The summed E-state index contributed by atoms with van der Waals surface area (Å²) in [6.07, 6.45) is 1.86. The standard InChI is InChI=1S/C16H26N2O4S/c1-5-8-11-17-16(19)13-9-10-14(22-4)15(12-13)23(20,21)18(6-2)7-3/h9-10,12H,5-8,11H2,1-4H3,(H,17,19). The van der Waals surface area contributed by atoms with Crippen LogP contribution >= 0.6 is 0 Å². The molecule has 0 heterocycles. The van der Waals surface area contributed by atoms with E-state index in [4.69, 9.17) is 4.74 Å². The number of nitrogens with zero attached hydrogens (tertiary/aromatic N) is 1. The summed E-state index contributed by atoms with van der Waals surface area (Å²) in [6, 6.07) is 4.47. The molecule has 130 valence electrons. The van der Waals surface area contributed by atoms with E-state index in [9.17, 15) is 13.2 Å². The van der Waals surface area contributed by atoms with E-state index in [0.29, 0.717) is 25.2 Å². The highest BCUT2D eigenvalue weighted by Crippen LogP contribution is 2.27. The van der Waals surface area contributed by atoms with Crippen molar-refractivity contribution in [3.63, 3.8) is 0 Å². The van der Waals surface area contributed by atoms with Crippen LogP contribution in [0.3, 0.4) is 0 Å². The summed E-state index contributed by atoms with van der Waals surface area (Å²) >= 11 is 0. The molecule has 23 heavy (non-hydrogen) atoms. The zero-order chi connectivity index (χ0) is 17.5. The lowest BCUT2D eigenvalue weighted by molar-refractivity contribution is 0.0953. The molecular formula is C16H26N2O4S. The number of sulfonamides is 1. The summed E-state index contributed by atoms with van der Waals surface area (Å²) in [5.74, 6) is -0.0425. The lowest BCUT2D eigenvalue weighted by Gasteiger charge is -2.20. The minimum Gasteiger partial charge on any atom is -0.495 e. The van der Waals surface area contributed by atoms with Crippen LogP contribution in [0.1, 0.15) is 44.0 Å². The third-order valence-electron chi connectivity index (χ3n) is 3.56. The molecule has 1 aromatic rings. The lowest BCUT2D eigenvalue weighted by atomic mass is 10.2. The van der Waals surface area contributed by atoms with Crippen LogP contribution in [0.15, 0.2) is 23.1 Å². The number of methoxy groups -OCH3 is 1. The quantitative estimate of drug-likeness (QED) is 0.699. The first-order valence-corrected chi connectivity index (χ1v) is 9.32. The van der Waals surface area contributed by atoms with E-state index in [-0.39, 0.29) is 16.6 Å². The Morgan fingerprint density at radius 3 is 2.39 bits per heavy atom. The van der Waals surface area contributed by atoms with Crippen molar-refractivity contribution < 1.29 is 17.9 Å². The molecule has 0 fully saturated rings. The molecule has 7 heteroatoms. The molecule has 0 spiro atoms. The molecule has 0 saturated carbocycles. The van der Waals surface area contributed by atoms with Crippen molar-refractivity contribution in [1.82, 2.24) is 9.62 Å². The highest BCUT2D eigenvalue weighted by Gasteiger charge is 2.26. The number of carbonyl (C=O) groups excluding carboxylic acids is 1. The molecule has 0 bridgehead atoms. The van der Waals surface area contributed by atoms with Gasteiger partial charge in [0.1, 0.15) is 10.6 Å². The van der Waals surface area contributed by atoms with Gasteiger partial charge in [0, 0.05) is 25.2 Å². The normalized spacial score (nSPS) is 11.5. The van der Waals surface area contributed by atoms with Gasteiger partial charge in [0.05, 0.1) is 7.11 Å². The van der Waals surface area contributed by atoms with Gasteiger partial charge in [-0.15, -0.1) is 0 Å². The number of nitrogens with one attached hydrogen (secondary N) is 1. The molecule has 1 rings (SSSR count). The second kappa shape index (κ2) is 8.88. The number of unbranched alkanes of at least 4 members (excludes halogenated alkanes) is 1. The Kier molecular flexibility index (Phi) is 7.51. The number of benzene rings is 1. The van der Waals surface area contributed by atoms with Gasteiger partial charge in [-0.2, -0.15) is 4.31 Å². The number of carbonyl (C=O) groups is 1.